The molecule has 0 radical (unpaired) electrons. The van der Waals surface area contributed by atoms with Crippen molar-refractivity contribution in [1.82, 2.24) is 0 Å². The first-order valence-electron chi connectivity index (χ1n) is 20.5. The van der Waals surface area contributed by atoms with Gasteiger partial charge in [0.15, 0.2) is 0 Å². The van der Waals surface area contributed by atoms with Crippen LogP contribution in [0.3, 0.4) is 0 Å². The number of hydrogen-bond acceptors (Lipinski definition) is 2. The first-order valence-corrected chi connectivity index (χ1v) is 21.3. The summed E-state index contributed by atoms with van der Waals surface area (Å²) in [6.45, 7) is 0. The summed E-state index contributed by atoms with van der Waals surface area (Å²) in [7, 11) is 0. The molecule has 0 bridgehead atoms. The lowest BCUT2D eigenvalue weighted by Crippen LogP contribution is -2.12. The predicted octanol–water partition coefficient (Wildman–Crippen LogP) is 17.0. The highest BCUT2D eigenvalue weighted by Crippen LogP contribution is 2.47. The fourth-order valence-electron chi connectivity index (χ4n) is 8.73. The van der Waals surface area contributed by atoms with E-state index < -0.39 is 0 Å². The average Bonchev–Trinajstić information content (AvgIpc) is 3.70. The summed E-state index contributed by atoms with van der Waals surface area (Å²) in [5.41, 5.74) is 15.2. The number of rotatable bonds is 8. The topological polar surface area (TPSA) is 3.24 Å². The third-order valence-corrected chi connectivity index (χ3v) is 12.9. The monoisotopic (exact) mass is 781 g/mol. The molecule has 2 heteroatoms. The van der Waals surface area contributed by atoms with Crippen LogP contribution in [0.15, 0.2) is 237 Å². The summed E-state index contributed by atoms with van der Waals surface area (Å²) >= 11 is 1.86. The molecule has 60 heavy (non-hydrogen) atoms. The van der Waals surface area contributed by atoms with Crippen molar-refractivity contribution in [3.8, 4) is 55.6 Å². The minimum Gasteiger partial charge on any atom is -0.309 e. The van der Waals surface area contributed by atoms with Crippen molar-refractivity contribution >= 4 is 59.3 Å². The Balaban J connectivity index is 1.07. The predicted molar refractivity (Wildman–Crippen MR) is 259 cm³/mol. The molecule has 0 saturated carbocycles. The van der Waals surface area contributed by atoms with Crippen LogP contribution in [0.25, 0.3) is 86.6 Å². The summed E-state index contributed by atoms with van der Waals surface area (Å²) < 4.78 is 2.62. The molecule has 1 aromatic heterocycles. The smallest absolute Gasteiger partial charge is 0.0540 e. The molecule has 282 valence electrons. The second kappa shape index (κ2) is 15.3. The third-order valence-electron chi connectivity index (χ3n) is 11.7. The molecule has 1 nitrogen and oxygen atoms in total. The largest absolute Gasteiger partial charge is 0.309 e. The maximum absolute atomic E-state index is 2.46. The zero-order valence-corrected chi connectivity index (χ0v) is 33.7. The summed E-state index contributed by atoms with van der Waals surface area (Å²) in [5, 5.41) is 5.07. The van der Waals surface area contributed by atoms with Gasteiger partial charge in [-0.25, -0.2) is 0 Å². The van der Waals surface area contributed by atoms with Gasteiger partial charge in [-0.1, -0.05) is 188 Å². The Bertz CT molecular complexity index is 3310. The van der Waals surface area contributed by atoms with Crippen LogP contribution >= 0.6 is 11.3 Å². The second-order valence-electron chi connectivity index (χ2n) is 15.3. The van der Waals surface area contributed by atoms with Gasteiger partial charge in [0, 0.05) is 37.0 Å². The molecule has 0 atom stereocenters. The Morgan fingerprint density at radius 2 is 0.750 bits per heavy atom. The van der Waals surface area contributed by atoms with Crippen molar-refractivity contribution in [3.05, 3.63) is 237 Å². The summed E-state index contributed by atoms with van der Waals surface area (Å²) in [6, 6.07) is 86.3. The lowest BCUT2D eigenvalue weighted by Gasteiger charge is -2.30. The van der Waals surface area contributed by atoms with Crippen molar-refractivity contribution in [3.63, 3.8) is 0 Å². The standard InChI is InChI=1S/C58H39NS/c1-2-14-40(15-3-1)42-26-28-43(29-27-42)44-32-35-48(36-33-44)59(55-23-11-8-19-50(55)47-34-37-58-54(39-47)53-22-10-13-25-57(53)60-58)56-24-12-9-21-52(56)51-20-7-6-18-49(51)46-31-30-41-16-4-5-17-45(41)38-46/h1-39H. The fraction of sp³-hybridized carbons (Fsp3) is 0. The van der Waals surface area contributed by atoms with Crippen LogP contribution in [-0.2, 0) is 0 Å². The number of benzene rings is 10. The van der Waals surface area contributed by atoms with E-state index in [1.807, 2.05) is 11.3 Å². The quantitative estimate of drug-likeness (QED) is 0.148. The van der Waals surface area contributed by atoms with Crippen molar-refractivity contribution < 1.29 is 0 Å². The number of fused-ring (bicyclic) bond motifs is 4. The van der Waals surface area contributed by atoms with E-state index in [2.05, 4.69) is 241 Å². The zero-order chi connectivity index (χ0) is 39.8. The van der Waals surface area contributed by atoms with E-state index in [0.29, 0.717) is 0 Å². The van der Waals surface area contributed by atoms with E-state index in [9.17, 15) is 0 Å². The van der Waals surface area contributed by atoms with E-state index in [-0.39, 0.29) is 0 Å². The zero-order valence-electron chi connectivity index (χ0n) is 32.9. The highest BCUT2D eigenvalue weighted by atomic mass is 32.1. The Kier molecular flexibility index (Phi) is 9.11. The average molecular weight is 782 g/mol. The Morgan fingerprint density at radius 1 is 0.267 bits per heavy atom. The van der Waals surface area contributed by atoms with Gasteiger partial charge < -0.3 is 4.90 Å². The van der Waals surface area contributed by atoms with Crippen LogP contribution in [0.1, 0.15) is 0 Å². The number of nitrogens with zero attached hydrogens (tertiary/aromatic N) is 1. The van der Waals surface area contributed by atoms with Gasteiger partial charge in [-0.3, -0.25) is 0 Å². The van der Waals surface area contributed by atoms with Gasteiger partial charge in [0.05, 0.1) is 11.4 Å². The normalized spacial score (nSPS) is 11.3. The fourth-order valence-corrected chi connectivity index (χ4v) is 9.81. The molecule has 0 aliphatic carbocycles. The van der Waals surface area contributed by atoms with E-state index in [1.165, 1.54) is 81.0 Å². The van der Waals surface area contributed by atoms with Gasteiger partial charge in [0.2, 0.25) is 0 Å². The van der Waals surface area contributed by atoms with Crippen LogP contribution in [0.4, 0.5) is 17.1 Å². The van der Waals surface area contributed by atoms with Gasteiger partial charge in [-0.2, -0.15) is 0 Å². The Morgan fingerprint density at radius 3 is 1.50 bits per heavy atom. The van der Waals surface area contributed by atoms with Crippen molar-refractivity contribution in [1.29, 1.82) is 0 Å². The highest BCUT2D eigenvalue weighted by molar-refractivity contribution is 7.25. The molecule has 0 amide bonds. The van der Waals surface area contributed by atoms with Gasteiger partial charge in [0.25, 0.3) is 0 Å². The summed E-state index contributed by atoms with van der Waals surface area (Å²) in [6.07, 6.45) is 0. The van der Waals surface area contributed by atoms with Crippen LogP contribution in [-0.4, -0.2) is 0 Å². The number of para-hydroxylation sites is 2. The van der Waals surface area contributed by atoms with E-state index in [1.54, 1.807) is 0 Å². The number of hydrogen-bond donors (Lipinski definition) is 0. The molecular weight excluding hydrogens is 743 g/mol. The van der Waals surface area contributed by atoms with Crippen LogP contribution in [0.5, 0.6) is 0 Å². The Labute approximate surface area is 354 Å². The minimum absolute atomic E-state index is 1.09. The summed E-state index contributed by atoms with van der Waals surface area (Å²) in [4.78, 5) is 2.46. The molecule has 1 heterocycles. The van der Waals surface area contributed by atoms with Gasteiger partial charge in [0.1, 0.15) is 0 Å². The first kappa shape index (κ1) is 35.6. The van der Waals surface area contributed by atoms with Crippen molar-refractivity contribution in [2.45, 2.75) is 0 Å². The molecule has 0 spiro atoms. The van der Waals surface area contributed by atoms with Gasteiger partial charge >= 0.3 is 0 Å². The molecule has 11 aromatic rings. The molecule has 10 aromatic carbocycles. The van der Waals surface area contributed by atoms with Crippen molar-refractivity contribution in [2.75, 3.05) is 4.90 Å². The third kappa shape index (κ3) is 6.54. The molecule has 0 unspecified atom stereocenters. The molecule has 0 saturated heterocycles. The molecular formula is C58H39NS. The molecule has 0 aliphatic rings. The van der Waals surface area contributed by atoms with Crippen molar-refractivity contribution in [2.24, 2.45) is 0 Å². The van der Waals surface area contributed by atoms with Crippen LogP contribution in [0.2, 0.25) is 0 Å². The molecule has 0 N–H and O–H groups in total. The van der Waals surface area contributed by atoms with E-state index in [4.69, 9.17) is 0 Å². The van der Waals surface area contributed by atoms with E-state index >= 15 is 0 Å². The lowest BCUT2D eigenvalue weighted by molar-refractivity contribution is 1.28. The SMILES string of the molecule is c1ccc(-c2ccc(-c3ccc(N(c4ccccc4-c4ccc5sc6ccccc6c5c4)c4ccccc4-c4ccccc4-c4ccc5ccccc5c4)cc3)cc2)cc1. The molecule has 0 aliphatic heterocycles. The first-order chi connectivity index (χ1) is 29.7. The highest BCUT2D eigenvalue weighted by Gasteiger charge is 2.22. The summed E-state index contributed by atoms with van der Waals surface area (Å²) in [5.74, 6) is 0. The maximum atomic E-state index is 2.46. The Hall–Kier alpha value is -7.52. The molecule has 0 fully saturated rings. The van der Waals surface area contributed by atoms with Gasteiger partial charge in [-0.05, 0) is 104 Å². The van der Waals surface area contributed by atoms with Crippen LogP contribution in [0, 0.1) is 0 Å². The lowest BCUT2D eigenvalue weighted by atomic mass is 9.91. The maximum Gasteiger partial charge on any atom is 0.0540 e. The van der Waals surface area contributed by atoms with Gasteiger partial charge in [-0.15, -0.1) is 11.3 Å². The second-order valence-corrected chi connectivity index (χ2v) is 16.4. The number of thiophene rings is 1. The van der Waals surface area contributed by atoms with Crippen LogP contribution < -0.4 is 4.90 Å². The molecule has 11 rings (SSSR count). The number of anilines is 3. The van der Waals surface area contributed by atoms with E-state index in [0.717, 1.165) is 22.6 Å². The minimum atomic E-state index is 1.09.